The van der Waals surface area contributed by atoms with Crippen molar-refractivity contribution >= 4 is 33.1 Å². The average Bonchev–Trinajstić information content (AvgIpc) is 3.07. The van der Waals surface area contributed by atoms with Gasteiger partial charge >= 0.3 is 0 Å². The fourth-order valence-electron chi connectivity index (χ4n) is 2.31. The molecule has 0 saturated carbocycles. The quantitative estimate of drug-likeness (QED) is 0.934. The van der Waals surface area contributed by atoms with Gasteiger partial charge in [-0.1, -0.05) is 0 Å². The van der Waals surface area contributed by atoms with Crippen LogP contribution in [0.15, 0.2) is 28.1 Å². The molecule has 2 aromatic heterocycles. The summed E-state index contributed by atoms with van der Waals surface area (Å²) in [7, 11) is 0. The van der Waals surface area contributed by atoms with Crippen LogP contribution in [0.4, 0.5) is 5.82 Å². The Balaban J connectivity index is 1.76. The zero-order valence-corrected chi connectivity index (χ0v) is 12.8. The predicted molar refractivity (Wildman–Crippen MR) is 82.4 cm³/mol. The SMILES string of the molecule is NCC1CCN(c2ccc(-c3ccc(Br)s3)nn2)C1. The Bertz CT molecular complexity index is 554. The highest BCUT2D eigenvalue weighted by atomic mass is 79.9. The van der Waals surface area contributed by atoms with Crippen molar-refractivity contribution in [3.63, 3.8) is 0 Å². The van der Waals surface area contributed by atoms with Gasteiger partial charge in [-0.3, -0.25) is 0 Å². The van der Waals surface area contributed by atoms with Crippen molar-refractivity contribution in [2.45, 2.75) is 6.42 Å². The number of hydrogen-bond acceptors (Lipinski definition) is 5. The van der Waals surface area contributed by atoms with Crippen molar-refractivity contribution in [2.24, 2.45) is 11.7 Å². The maximum atomic E-state index is 5.71. The normalized spacial score (nSPS) is 19.1. The summed E-state index contributed by atoms with van der Waals surface area (Å²) in [5.41, 5.74) is 6.64. The van der Waals surface area contributed by atoms with Crippen molar-refractivity contribution in [2.75, 3.05) is 24.5 Å². The highest BCUT2D eigenvalue weighted by molar-refractivity contribution is 9.11. The average molecular weight is 339 g/mol. The molecule has 0 aromatic carbocycles. The summed E-state index contributed by atoms with van der Waals surface area (Å²) >= 11 is 5.13. The van der Waals surface area contributed by atoms with Crippen molar-refractivity contribution < 1.29 is 0 Å². The van der Waals surface area contributed by atoms with E-state index in [0.717, 1.165) is 46.2 Å². The summed E-state index contributed by atoms with van der Waals surface area (Å²) in [5, 5.41) is 8.67. The summed E-state index contributed by atoms with van der Waals surface area (Å²) in [5.74, 6) is 1.55. The number of thiophene rings is 1. The van der Waals surface area contributed by atoms with E-state index in [9.17, 15) is 0 Å². The van der Waals surface area contributed by atoms with Gasteiger partial charge in [0.1, 0.15) is 5.69 Å². The van der Waals surface area contributed by atoms with Crippen LogP contribution in [0.3, 0.4) is 0 Å². The molecular weight excluding hydrogens is 324 g/mol. The standard InChI is InChI=1S/C13H15BrN4S/c14-12-3-2-11(19-12)10-1-4-13(17-16-10)18-6-5-9(7-15)8-18/h1-4,9H,5-8,15H2. The molecule has 19 heavy (non-hydrogen) atoms. The van der Waals surface area contributed by atoms with Gasteiger partial charge in [0, 0.05) is 13.1 Å². The predicted octanol–water partition coefficient (Wildman–Crippen LogP) is 2.75. The first-order valence-corrected chi connectivity index (χ1v) is 7.91. The second kappa shape index (κ2) is 5.56. The Morgan fingerprint density at radius 3 is 2.79 bits per heavy atom. The van der Waals surface area contributed by atoms with Crippen molar-refractivity contribution in [3.05, 3.63) is 28.1 Å². The largest absolute Gasteiger partial charge is 0.355 e. The highest BCUT2D eigenvalue weighted by Crippen LogP contribution is 2.30. The first kappa shape index (κ1) is 13.0. The third kappa shape index (κ3) is 2.80. The highest BCUT2D eigenvalue weighted by Gasteiger charge is 2.22. The molecule has 0 bridgehead atoms. The third-order valence-corrected chi connectivity index (χ3v) is 5.07. The number of hydrogen-bond donors (Lipinski definition) is 1. The van der Waals surface area contributed by atoms with Gasteiger partial charge in [0.05, 0.1) is 8.66 Å². The van der Waals surface area contributed by atoms with Crippen LogP contribution in [0, 0.1) is 5.92 Å². The van der Waals surface area contributed by atoms with Crippen LogP contribution in [0.2, 0.25) is 0 Å². The van der Waals surface area contributed by atoms with E-state index in [0.29, 0.717) is 5.92 Å². The number of nitrogens with two attached hydrogens (primary N) is 1. The summed E-state index contributed by atoms with van der Waals surface area (Å²) in [6.07, 6.45) is 1.15. The van der Waals surface area contributed by atoms with E-state index in [1.165, 1.54) is 0 Å². The first-order valence-electron chi connectivity index (χ1n) is 6.30. The van der Waals surface area contributed by atoms with Crippen LogP contribution in [0.25, 0.3) is 10.6 Å². The minimum atomic E-state index is 0.592. The first-order chi connectivity index (χ1) is 9.26. The van der Waals surface area contributed by atoms with Gasteiger partial charge in [-0.05, 0) is 59.1 Å². The lowest BCUT2D eigenvalue weighted by Crippen LogP contribution is -2.23. The van der Waals surface area contributed by atoms with E-state index in [4.69, 9.17) is 5.73 Å². The number of rotatable bonds is 3. The van der Waals surface area contributed by atoms with Gasteiger partial charge in [-0.25, -0.2) is 0 Å². The van der Waals surface area contributed by atoms with Gasteiger partial charge < -0.3 is 10.6 Å². The second-order valence-electron chi connectivity index (χ2n) is 4.72. The number of nitrogens with zero attached hydrogens (tertiary/aromatic N) is 3. The van der Waals surface area contributed by atoms with E-state index >= 15 is 0 Å². The Kier molecular flexibility index (Phi) is 3.81. The Morgan fingerprint density at radius 2 is 2.21 bits per heavy atom. The second-order valence-corrected chi connectivity index (χ2v) is 7.18. The van der Waals surface area contributed by atoms with E-state index in [1.54, 1.807) is 11.3 Å². The monoisotopic (exact) mass is 338 g/mol. The topological polar surface area (TPSA) is 55.0 Å². The maximum Gasteiger partial charge on any atom is 0.151 e. The molecule has 0 amide bonds. The molecule has 0 spiro atoms. The molecule has 6 heteroatoms. The molecule has 2 N–H and O–H groups in total. The molecule has 3 heterocycles. The Labute approximate surface area is 124 Å². The third-order valence-electron chi connectivity index (χ3n) is 3.42. The Hall–Kier alpha value is -0.980. The van der Waals surface area contributed by atoms with Crippen LogP contribution >= 0.6 is 27.3 Å². The van der Waals surface area contributed by atoms with Gasteiger partial charge in [0.25, 0.3) is 0 Å². The lowest BCUT2D eigenvalue weighted by Gasteiger charge is -2.16. The molecule has 0 radical (unpaired) electrons. The molecule has 1 atom stereocenters. The van der Waals surface area contributed by atoms with Crippen LogP contribution in [-0.4, -0.2) is 29.8 Å². The molecule has 4 nitrogen and oxygen atoms in total. The van der Waals surface area contributed by atoms with E-state index < -0.39 is 0 Å². The summed E-state index contributed by atoms with van der Waals surface area (Å²) in [4.78, 5) is 3.39. The number of anilines is 1. The molecular formula is C13H15BrN4S. The van der Waals surface area contributed by atoms with E-state index in [-0.39, 0.29) is 0 Å². The van der Waals surface area contributed by atoms with Crippen molar-refractivity contribution in [1.29, 1.82) is 0 Å². The molecule has 3 rings (SSSR count). The Morgan fingerprint density at radius 1 is 1.32 bits per heavy atom. The van der Waals surface area contributed by atoms with E-state index in [2.05, 4.69) is 43.2 Å². The molecule has 0 aliphatic carbocycles. The fraction of sp³-hybridized carbons (Fsp3) is 0.385. The summed E-state index contributed by atoms with van der Waals surface area (Å²) in [6.45, 7) is 2.78. The minimum Gasteiger partial charge on any atom is -0.355 e. The molecule has 1 fully saturated rings. The van der Waals surface area contributed by atoms with Gasteiger partial charge in [0.2, 0.25) is 0 Å². The molecule has 1 unspecified atom stereocenters. The van der Waals surface area contributed by atoms with Crippen LogP contribution in [0.1, 0.15) is 6.42 Å². The lowest BCUT2D eigenvalue weighted by atomic mass is 10.1. The summed E-state index contributed by atoms with van der Waals surface area (Å²) < 4.78 is 1.11. The van der Waals surface area contributed by atoms with Crippen molar-refractivity contribution in [3.8, 4) is 10.6 Å². The van der Waals surface area contributed by atoms with Crippen molar-refractivity contribution in [1.82, 2.24) is 10.2 Å². The molecule has 1 saturated heterocycles. The molecule has 100 valence electrons. The summed E-state index contributed by atoms with van der Waals surface area (Å²) in [6, 6.07) is 8.17. The zero-order chi connectivity index (χ0) is 13.2. The fourth-order valence-corrected chi connectivity index (χ4v) is 3.66. The smallest absolute Gasteiger partial charge is 0.151 e. The number of aromatic nitrogens is 2. The lowest BCUT2D eigenvalue weighted by molar-refractivity contribution is 0.602. The molecule has 1 aliphatic rings. The van der Waals surface area contributed by atoms with Crippen LogP contribution in [-0.2, 0) is 0 Å². The van der Waals surface area contributed by atoms with Crippen LogP contribution < -0.4 is 10.6 Å². The number of halogens is 1. The van der Waals surface area contributed by atoms with Gasteiger partial charge in [-0.2, -0.15) is 0 Å². The molecule has 2 aromatic rings. The van der Waals surface area contributed by atoms with E-state index in [1.807, 2.05) is 12.1 Å². The molecule has 1 aliphatic heterocycles. The maximum absolute atomic E-state index is 5.71. The van der Waals surface area contributed by atoms with Gasteiger partial charge in [-0.15, -0.1) is 21.5 Å². The van der Waals surface area contributed by atoms with Gasteiger partial charge in [0.15, 0.2) is 5.82 Å². The zero-order valence-electron chi connectivity index (χ0n) is 10.4. The minimum absolute atomic E-state index is 0.592. The van der Waals surface area contributed by atoms with Crippen LogP contribution in [0.5, 0.6) is 0 Å².